The quantitative estimate of drug-likeness (QED) is 0.756. The number of ether oxygens (including phenoxy) is 2. The molecule has 26 heavy (non-hydrogen) atoms. The maximum Gasteiger partial charge on any atom is 0.292 e. The highest BCUT2D eigenvalue weighted by molar-refractivity contribution is 6.21. The Labute approximate surface area is 152 Å². The molecule has 0 radical (unpaired) electrons. The second-order valence-corrected chi connectivity index (χ2v) is 6.16. The first-order valence-corrected chi connectivity index (χ1v) is 8.60. The Morgan fingerprint density at radius 3 is 2.46 bits per heavy atom. The summed E-state index contributed by atoms with van der Waals surface area (Å²) in [6, 6.07) is 14.4. The van der Waals surface area contributed by atoms with Gasteiger partial charge in [0.05, 0.1) is 32.9 Å². The molecular weight excluding hydrogens is 332 g/mol. The first-order valence-electron chi connectivity index (χ1n) is 8.60. The summed E-state index contributed by atoms with van der Waals surface area (Å²) in [5.41, 5.74) is 1.68. The van der Waals surface area contributed by atoms with Gasteiger partial charge in [-0.05, 0) is 35.9 Å². The monoisotopic (exact) mass is 355 g/mol. The number of para-hydroxylation sites is 1. The molecule has 2 N–H and O–H groups in total. The molecular formula is C20H23N2O4+. The lowest BCUT2D eigenvalue weighted by molar-refractivity contribution is -0.674. The number of quaternary nitrogens is 1. The van der Waals surface area contributed by atoms with Crippen LogP contribution in [0.4, 0.5) is 5.69 Å². The van der Waals surface area contributed by atoms with Crippen molar-refractivity contribution in [1.29, 1.82) is 0 Å². The zero-order chi connectivity index (χ0) is 18.5. The van der Waals surface area contributed by atoms with Crippen LogP contribution in [-0.4, -0.2) is 38.6 Å². The number of carbonyl (C=O) groups is 2. The van der Waals surface area contributed by atoms with Gasteiger partial charge in [0.15, 0.2) is 6.04 Å². The Morgan fingerprint density at radius 1 is 1.04 bits per heavy atom. The van der Waals surface area contributed by atoms with Gasteiger partial charge in [0, 0.05) is 6.42 Å². The number of imide groups is 1. The molecule has 0 bridgehead atoms. The molecule has 6 nitrogen and oxygen atoms in total. The highest BCUT2D eigenvalue weighted by Crippen LogP contribution is 2.24. The molecule has 0 spiro atoms. The second-order valence-electron chi connectivity index (χ2n) is 6.16. The minimum atomic E-state index is -0.376. The molecule has 0 aromatic heterocycles. The van der Waals surface area contributed by atoms with E-state index in [1.165, 1.54) is 4.90 Å². The third-order valence-corrected chi connectivity index (χ3v) is 4.57. The molecule has 2 amide bonds. The zero-order valence-corrected chi connectivity index (χ0v) is 15.0. The average Bonchev–Trinajstić information content (AvgIpc) is 2.95. The topological polar surface area (TPSA) is 72.4 Å². The minimum Gasteiger partial charge on any atom is -0.497 e. The summed E-state index contributed by atoms with van der Waals surface area (Å²) in [5, 5.41) is 1.94. The molecule has 1 atom stereocenters. The molecule has 0 unspecified atom stereocenters. The third kappa shape index (κ3) is 3.70. The molecule has 1 aliphatic heterocycles. The molecule has 136 valence electrons. The molecule has 0 aliphatic carbocycles. The van der Waals surface area contributed by atoms with Crippen LogP contribution < -0.4 is 19.7 Å². The van der Waals surface area contributed by atoms with Crippen LogP contribution in [0.2, 0.25) is 0 Å². The van der Waals surface area contributed by atoms with Crippen LogP contribution in [-0.2, 0) is 16.0 Å². The van der Waals surface area contributed by atoms with Gasteiger partial charge in [-0.2, -0.15) is 0 Å². The number of rotatable bonds is 7. The van der Waals surface area contributed by atoms with E-state index >= 15 is 0 Å². The summed E-state index contributed by atoms with van der Waals surface area (Å²) in [7, 11) is 3.22. The van der Waals surface area contributed by atoms with Gasteiger partial charge in [0.25, 0.3) is 5.91 Å². The van der Waals surface area contributed by atoms with Gasteiger partial charge in [-0.25, -0.2) is 4.90 Å². The van der Waals surface area contributed by atoms with E-state index < -0.39 is 0 Å². The average molecular weight is 355 g/mol. The summed E-state index contributed by atoms with van der Waals surface area (Å²) in [5.74, 6) is 1.20. The van der Waals surface area contributed by atoms with Crippen LogP contribution in [0.25, 0.3) is 0 Å². The summed E-state index contributed by atoms with van der Waals surface area (Å²) < 4.78 is 10.5. The summed E-state index contributed by atoms with van der Waals surface area (Å²) in [6.07, 6.45) is 0.987. The molecule has 6 heteroatoms. The zero-order valence-electron chi connectivity index (χ0n) is 15.0. The Balaban J connectivity index is 1.61. The summed E-state index contributed by atoms with van der Waals surface area (Å²) in [6.45, 7) is 0.709. The minimum absolute atomic E-state index is 0.166. The van der Waals surface area contributed by atoms with Crippen molar-refractivity contribution < 1.29 is 24.4 Å². The molecule has 3 rings (SSSR count). The largest absolute Gasteiger partial charge is 0.497 e. The highest BCUT2D eigenvalue weighted by Gasteiger charge is 2.42. The standard InChI is InChI=1S/C20H22N2O4/c1-25-16-9-7-15(8-10-16)22-19(23)13-17(20(22)24)21-12-11-14-5-3-4-6-18(14)26-2/h3-10,17,21H,11-13H2,1-2H3/p+1/t17-/m1/s1. The SMILES string of the molecule is COc1ccc(N2C(=O)C[C@@H]([NH2+]CCc3ccccc3OC)C2=O)cc1. The van der Waals surface area contributed by atoms with Gasteiger partial charge >= 0.3 is 0 Å². The van der Waals surface area contributed by atoms with Crippen molar-refractivity contribution in [2.24, 2.45) is 0 Å². The van der Waals surface area contributed by atoms with Crippen LogP contribution in [0.15, 0.2) is 48.5 Å². The van der Waals surface area contributed by atoms with E-state index in [2.05, 4.69) is 0 Å². The number of carbonyl (C=O) groups excluding carboxylic acids is 2. The van der Waals surface area contributed by atoms with E-state index in [1.54, 1.807) is 38.5 Å². The number of nitrogens with two attached hydrogens (primary N) is 1. The lowest BCUT2D eigenvalue weighted by atomic mass is 10.1. The number of hydrogen-bond acceptors (Lipinski definition) is 4. The molecule has 2 aromatic rings. The fourth-order valence-electron chi connectivity index (χ4n) is 3.19. The molecule has 1 fully saturated rings. The predicted molar refractivity (Wildman–Crippen MR) is 97.4 cm³/mol. The molecule has 2 aromatic carbocycles. The summed E-state index contributed by atoms with van der Waals surface area (Å²) in [4.78, 5) is 26.2. The number of amides is 2. The second kappa shape index (κ2) is 8.01. The maximum atomic E-state index is 12.7. The van der Waals surface area contributed by atoms with Gasteiger partial charge in [0.1, 0.15) is 11.5 Å². The van der Waals surface area contributed by atoms with Crippen molar-refractivity contribution in [2.75, 3.05) is 25.7 Å². The first kappa shape index (κ1) is 17.9. The maximum absolute atomic E-state index is 12.7. The van der Waals surface area contributed by atoms with Gasteiger partial charge < -0.3 is 14.8 Å². The van der Waals surface area contributed by atoms with E-state index in [4.69, 9.17) is 9.47 Å². The van der Waals surface area contributed by atoms with Gasteiger partial charge in [-0.3, -0.25) is 9.59 Å². The van der Waals surface area contributed by atoms with Crippen molar-refractivity contribution in [2.45, 2.75) is 18.9 Å². The van der Waals surface area contributed by atoms with Crippen molar-refractivity contribution in [3.05, 3.63) is 54.1 Å². The van der Waals surface area contributed by atoms with Crippen molar-refractivity contribution >= 4 is 17.5 Å². The third-order valence-electron chi connectivity index (χ3n) is 4.57. The molecule has 1 aliphatic rings. The number of anilines is 1. The molecule has 1 heterocycles. The lowest BCUT2D eigenvalue weighted by Crippen LogP contribution is -2.92. The fourth-order valence-corrected chi connectivity index (χ4v) is 3.19. The van der Waals surface area contributed by atoms with E-state index in [0.29, 0.717) is 18.0 Å². The van der Waals surface area contributed by atoms with Crippen LogP contribution in [0.3, 0.4) is 0 Å². The van der Waals surface area contributed by atoms with Gasteiger partial charge in [0.2, 0.25) is 5.91 Å². The molecule has 0 saturated carbocycles. The number of hydrogen-bond donors (Lipinski definition) is 1. The van der Waals surface area contributed by atoms with Crippen molar-refractivity contribution in [3.8, 4) is 11.5 Å². The van der Waals surface area contributed by atoms with Gasteiger partial charge in [-0.15, -0.1) is 0 Å². The van der Waals surface area contributed by atoms with E-state index in [1.807, 2.05) is 29.6 Å². The number of methoxy groups -OCH3 is 2. The van der Waals surface area contributed by atoms with Crippen LogP contribution >= 0.6 is 0 Å². The number of nitrogens with zero attached hydrogens (tertiary/aromatic N) is 1. The predicted octanol–water partition coefficient (Wildman–Crippen LogP) is 1.14. The van der Waals surface area contributed by atoms with Crippen molar-refractivity contribution in [1.82, 2.24) is 0 Å². The first-order chi connectivity index (χ1) is 12.6. The fraction of sp³-hybridized carbons (Fsp3) is 0.300. The Kier molecular flexibility index (Phi) is 5.53. The van der Waals surface area contributed by atoms with Crippen LogP contribution in [0, 0.1) is 0 Å². The smallest absolute Gasteiger partial charge is 0.292 e. The Bertz CT molecular complexity index is 789. The normalized spacial score (nSPS) is 16.8. The Morgan fingerprint density at radius 2 is 1.77 bits per heavy atom. The lowest BCUT2D eigenvalue weighted by Gasteiger charge is -2.14. The Hall–Kier alpha value is -2.86. The van der Waals surface area contributed by atoms with Gasteiger partial charge in [-0.1, -0.05) is 18.2 Å². The van der Waals surface area contributed by atoms with E-state index in [-0.39, 0.29) is 24.3 Å². The highest BCUT2D eigenvalue weighted by atomic mass is 16.5. The molecule has 1 saturated heterocycles. The van der Waals surface area contributed by atoms with Crippen LogP contribution in [0.1, 0.15) is 12.0 Å². The van der Waals surface area contributed by atoms with Crippen LogP contribution in [0.5, 0.6) is 11.5 Å². The summed E-state index contributed by atoms with van der Waals surface area (Å²) >= 11 is 0. The van der Waals surface area contributed by atoms with Crippen molar-refractivity contribution in [3.63, 3.8) is 0 Å². The number of benzene rings is 2. The van der Waals surface area contributed by atoms with E-state index in [0.717, 1.165) is 17.7 Å². The van der Waals surface area contributed by atoms with E-state index in [9.17, 15) is 9.59 Å².